The Morgan fingerprint density at radius 3 is 2.22 bits per heavy atom. The molecule has 2 bridgehead atoms. The quantitative estimate of drug-likeness (QED) is 0.831. The Balaban J connectivity index is 1.91. The number of hydrogen-bond donors (Lipinski definition) is 1. The van der Waals surface area contributed by atoms with Gasteiger partial charge in [0.25, 0.3) is 0 Å². The maximum absolute atomic E-state index is 12.5. The number of ketones is 1. The summed E-state index contributed by atoms with van der Waals surface area (Å²) in [5.74, 6) is -1.04. The summed E-state index contributed by atoms with van der Waals surface area (Å²) >= 11 is 0. The van der Waals surface area contributed by atoms with Crippen molar-refractivity contribution in [1.29, 1.82) is 0 Å². The van der Waals surface area contributed by atoms with Crippen LogP contribution in [0.2, 0.25) is 0 Å². The Morgan fingerprint density at radius 1 is 1.00 bits per heavy atom. The van der Waals surface area contributed by atoms with Gasteiger partial charge in [-0.25, -0.2) is 0 Å². The Morgan fingerprint density at radius 2 is 1.61 bits per heavy atom. The summed E-state index contributed by atoms with van der Waals surface area (Å²) in [5, 5.41) is 9.35. The third-order valence-corrected chi connectivity index (χ3v) is 4.56. The van der Waals surface area contributed by atoms with Crippen molar-refractivity contribution >= 4 is 11.8 Å². The molecule has 2 saturated carbocycles. The van der Waals surface area contributed by atoms with Gasteiger partial charge in [0.2, 0.25) is 0 Å². The first-order chi connectivity index (χ1) is 8.68. The fourth-order valence-corrected chi connectivity index (χ4v) is 3.82. The van der Waals surface area contributed by atoms with Crippen molar-refractivity contribution < 1.29 is 14.7 Å². The molecular formula is C15H16O3. The van der Waals surface area contributed by atoms with Gasteiger partial charge in [0.15, 0.2) is 5.78 Å². The minimum Gasteiger partial charge on any atom is -0.481 e. The molecule has 0 unspecified atom stereocenters. The van der Waals surface area contributed by atoms with E-state index in [0.29, 0.717) is 5.56 Å². The number of aliphatic carboxylic acids is 1. The minimum absolute atomic E-state index is 0.0233. The molecule has 2 aliphatic carbocycles. The summed E-state index contributed by atoms with van der Waals surface area (Å²) in [6.45, 7) is 0. The van der Waals surface area contributed by atoms with Crippen LogP contribution in [-0.2, 0) is 4.79 Å². The number of rotatable bonds is 3. The van der Waals surface area contributed by atoms with Gasteiger partial charge in [0.1, 0.15) is 0 Å². The fraction of sp³-hybridized carbons (Fsp3) is 0.467. The highest BCUT2D eigenvalue weighted by atomic mass is 16.4. The maximum Gasteiger partial charge on any atom is 0.307 e. The molecule has 3 rings (SSSR count). The number of benzene rings is 1. The van der Waals surface area contributed by atoms with Crippen molar-refractivity contribution in [3.63, 3.8) is 0 Å². The van der Waals surface area contributed by atoms with Gasteiger partial charge < -0.3 is 5.11 Å². The molecule has 0 aliphatic heterocycles. The first-order valence-corrected chi connectivity index (χ1v) is 6.50. The van der Waals surface area contributed by atoms with Crippen molar-refractivity contribution in [2.75, 3.05) is 0 Å². The van der Waals surface area contributed by atoms with Crippen molar-refractivity contribution in [1.82, 2.24) is 0 Å². The van der Waals surface area contributed by atoms with Gasteiger partial charge in [-0.3, -0.25) is 9.59 Å². The second kappa shape index (κ2) is 4.23. The maximum atomic E-state index is 12.5. The number of Topliss-reactive ketones (excluding diaryl/α,β-unsaturated/α-hetero) is 1. The van der Waals surface area contributed by atoms with Gasteiger partial charge in [-0.15, -0.1) is 0 Å². The standard InChI is InChI=1S/C15H16O3/c16-14(9-4-2-1-3-5-9)12-10-6-7-11(8-10)13(12)15(17)18/h1-5,10-13H,6-8H2,(H,17,18)/t10-,11+,12+,13+/m0/s1. The van der Waals surface area contributed by atoms with Crippen LogP contribution in [0.25, 0.3) is 0 Å². The molecule has 3 heteroatoms. The van der Waals surface area contributed by atoms with Gasteiger partial charge in [0.05, 0.1) is 5.92 Å². The van der Waals surface area contributed by atoms with Crippen LogP contribution in [0.3, 0.4) is 0 Å². The van der Waals surface area contributed by atoms with E-state index in [2.05, 4.69) is 0 Å². The number of fused-ring (bicyclic) bond motifs is 2. The monoisotopic (exact) mass is 244 g/mol. The second-order valence-electron chi connectivity index (χ2n) is 5.45. The average molecular weight is 244 g/mol. The lowest BCUT2D eigenvalue weighted by Crippen LogP contribution is -2.34. The van der Waals surface area contributed by atoms with E-state index < -0.39 is 11.9 Å². The zero-order chi connectivity index (χ0) is 12.7. The van der Waals surface area contributed by atoms with Crippen LogP contribution >= 0.6 is 0 Å². The van der Waals surface area contributed by atoms with E-state index in [9.17, 15) is 14.7 Å². The molecule has 4 atom stereocenters. The summed E-state index contributed by atoms with van der Waals surface area (Å²) in [6, 6.07) is 9.10. The van der Waals surface area contributed by atoms with Gasteiger partial charge in [0, 0.05) is 11.5 Å². The molecule has 2 fully saturated rings. The molecule has 1 N–H and O–H groups in total. The van der Waals surface area contributed by atoms with Crippen LogP contribution in [0.1, 0.15) is 29.6 Å². The summed E-state index contributed by atoms with van der Waals surface area (Å²) in [6.07, 6.45) is 2.90. The highest BCUT2D eigenvalue weighted by molar-refractivity contribution is 6.00. The Kier molecular flexibility index (Phi) is 2.69. The molecule has 1 aromatic carbocycles. The van der Waals surface area contributed by atoms with Gasteiger partial charge >= 0.3 is 5.97 Å². The van der Waals surface area contributed by atoms with E-state index in [1.165, 1.54) is 0 Å². The number of carbonyl (C=O) groups excluding carboxylic acids is 1. The Labute approximate surface area is 106 Å². The number of carboxylic acids is 1. The molecule has 94 valence electrons. The molecule has 0 radical (unpaired) electrons. The van der Waals surface area contributed by atoms with Gasteiger partial charge in [-0.1, -0.05) is 30.3 Å². The smallest absolute Gasteiger partial charge is 0.307 e. The predicted octanol–water partition coefficient (Wildman–Crippen LogP) is 2.62. The molecule has 0 aromatic heterocycles. The second-order valence-corrected chi connectivity index (χ2v) is 5.45. The van der Waals surface area contributed by atoms with Crippen LogP contribution in [0.5, 0.6) is 0 Å². The van der Waals surface area contributed by atoms with E-state index in [4.69, 9.17) is 0 Å². The van der Waals surface area contributed by atoms with E-state index in [-0.39, 0.29) is 23.5 Å². The molecule has 1 aromatic rings. The van der Waals surface area contributed by atoms with Crippen molar-refractivity contribution in [2.45, 2.75) is 19.3 Å². The van der Waals surface area contributed by atoms with E-state index >= 15 is 0 Å². The summed E-state index contributed by atoms with van der Waals surface area (Å²) in [5.41, 5.74) is 0.654. The molecule has 0 spiro atoms. The lowest BCUT2D eigenvalue weighted by Gasteiger charge is -2.26. The summed E-state index contributed by atoms with van der Waals surface area (Å²) in [4.78, 5) is 23.9. The normalized spacial score (nSPS) is 33.6. The van der Waals surface area contributed by atoms with Crippen LogP contribution in [0.4, 0.5) is 0 Å². The lowest BCUT2D eigenvalue weighted by molar-refractivity contribution is -0.144. The Bertz CT molecular complexity index is 480. The van der Waals surface area contributed by atoms with E-state index in [0.717, 1.165) is 19.3 Å². The molecule has 0 heterocycles. The Hall–Kier alpha value is -1.64. The molecule has 18 heavy (non-hydrogen) atoms. The van der Waals surface area contributed by atoms with Gasteiger partial charge in [-0.05, 0) is 31.1 Å². The topological polar surface area (TPSA) is 54.4 Å². The first-order valence-electron chi connectivity index (χ1n) is 6.50. The average Bonchev–Trinajstić information content (AvgIpc) is 2.99. The molecule has 0 saturated heterocycles. The van der Waals surface area contributed by atoms with Crippen LogP contribution < -0.4 is 0 Å². The third kappa shape index (κ3) is 1.65. The van der Waals surface area contributed by atoms with Crippen molar-refractivity contribution in [3.05, 3.63) is 35.9 Å². The largest absolute Gasteiger partial charge is 0.481 e. The van der Waals surface area contributed by atoms with Gasteiger partial charge in [-0.2, -0.15) is 0 Å². The fourth-order valence-electron chi connectivity index (χ4n) is 3.82. The molecule has 0 amide bonds. The molecule has 3 nitrogen and oxygen atoms in total. The predicted molar refractivity (Wildman–Crippen MR) is 66.2 cm³/mol. The van der Waals surface area contributed by atoms with Crippen LogP contribution in [0.15, 0.2) is 30.3 Å². The molecule has 2 aliphatic rings. The summed E-state index contributed by atoms with van der Waals surface area (Å²) in [7, 11) is 0. The van der Waals surface area contributed by atoms with Crippen LogP contribution in [0, 0.1) is 23.7 Å². The zero-order valence-electron chi connectivity index (χ0n) is 10.1. The molecular weight excluding hydrogens is 228 g/mol. The van der Waals surface area contributed by atoms with Crippen LogP contribution in [-0.4, -0.2) is 16.9 Å². The minimum atomic E-state index is -0.795. The lowest BCUT2D eigenvalue weighted by atomic mass is 9.75. The summed E-state index contributed by atoms with van der Waals surface area (Å²) < 4.78 is 0. The first kappa shape index (κ1) is 11.5. The number of hydrogen-bond acceptors (Lipinski definition) is 2. The van der Waals surface area contributed by atoms with Crippen molar-refractivity contribution in [2.24, 2.45) is 23.7 Å². The zero-order valence-corrected chi connectivity index (χ0v) is 10.1. The third-order valence-electron chi connectivity index (χ3n) is 4.56. The van der Waals surface area contributed by atoms with E-state index in [1.54, 1.807) is 12.1 Å². The SMILES string of the molecule is O=C(O)[C@@H]1[C@@H]2CC[C@@H](C2)[C@H]1C(=O)c1ccccc1. The number of carboxylic acid groups (broad SMARTS) is 1. The van der Waals surface area contributed by atoms with Crippen molar-refractivity contribution in [3.8, 4) is 0 Å². The highest BCUT2D eigenvalue weighted by Gasteiger charge is 2.53. The highest BCUT2D eigenvalue weighted by Crippen LogP contribution is 2.53. The number of carbonyl (C=O) groups is 2. The van der Waals surface area contributed by atoms with E-state index in [1.807, 2.05) is 18.2 Å².